The summed E-state index contributed by atoms with van der Waals surface area (Å²) in [5, 5.41) is 8.31. The SMILES string of the molecule is Cn1nccc1CCn1cnc(I)n1. The van der Waals surface area contributed by atoms with Crippen LogP contribution in [0.25, 0.3) is 0 Å². The maximum absolute atomic E-state index is 4.20. The second kappa shape index (κ2) is 4.07. The fraction of sp³-hybridized carbons (Fsp3) is 0.375. The van der Waals surface area contributed by atoms with E-state index in [-0.39, 0.29) is 0 Å². The molecule has 0 saturated carbocycles. The Morgan fingerprint density at radius 1 is 1.50 bits per heavy atom. The molecule has 2 aromatic rings. The van der Waals surface area contributed by atoms with Crippen LogP contribution in [-0.4, -0.2) is 24.5 Å². The van der Waals surface area contributed by atoms with Gasteiger partial charge in [0.15, 0.2) is 0 Å². The Bertz CT molecular complexity index is 419. The second-order valence-corrected chi connectivity index (χ2v) is 3.94. The van der Waals surface area contributed by atoms with Crippen molar-refractivity contribution in [3.05, 3.63) is 28.1 Å². The van der Waals surface area contributed by atoms with Crippen LogP contribution in [-0.2, 0) is 20.0 Å². The number of hydrogen-bond acceptors (Lipinski definition) is 3. The molecule has 2 heterocycles. The van der Waals surface area contributed by atoms with Gasteiger partial charge >= 0.3 is 0 Å². The van der Waals surface area contributed by atoms with Crippen LogP contribution in [0.1, 0.15) is 5.69 Å². The summed E-state index contributed by atoms with van der Waals surface area (Å²) < 4.78 is 4.50. The van der Waals surface area contributed by atoms with E-state index in [1.54, 1.807) is 12.5 Å². The Morgan fingerprint density at radius 3 is 2.93 bits per heavy atom. The van der Waals surface area contributed by atoms with E-state index >= 15 is 0 Å². The molecular formula is C8H10IN5. The van der Waals surface area contributed by atoms with Gasteiger partial charge in [0.2, 0.25) is 3.83 Å². The van der Waals surface area contributed by atoms with Crippen LogP contribution in [0.5, 0.6) is 0 Å². The third-order valence-electron chi connectivity index (χ3n) is 2.03. The number of nitrogens with zero attached hydrogens (tertiary/aromatic N) is 5. The fourth-order valence-electron chi connectivity index (χ4n) is 1.26. The van der Waals surface area contributed by atoms with Crippen LogP contribution in [0.3, 0.4) is 0 Å². The molecule has 0 atom stereocenters. The maximum Gasteiger partial charge on any atom is 0.211 e. The number of halogens is 1. The van der Waals surface area contributed by atoms with Gasteiger partial charge in [-0.15, -0.1) is 5.10 Å². The lowest BCUT2D eigenvalue weighted by atomic mass is 10.3. The summed E-state index contributed by atoms with van der Waals surface area (Å²) in [5.74, 6) is 0. The highest BCUT2D eigenvalue weighted by Gasteiger charge is 2.00. The molecule has 74 valence electrons. The van der Waals surface area contributed by atoms with E-state index in [1.165, 1.54) is 5.69 Å². The first-order valence-corrected chi connectivity index (χ1v) is 5.35. The molecule has 0 N–H and O–H groups in total. The van der Waals surface area contributed by atoms with Gasteiger partial charge in [0.1, 0.15) is 6.33 Å². The van der Waals surface area contributed by atoms with Gasteiger partial charge in [-0.1, -0.05) is 0 Å². The summed E-state index contributed by atoms with van der Waals surface area (Å²) in [6.07, 6.45) is 4.48. The van der Waals surface area contributed by atoms with Gasteiger partial charge in [-0.05, 0) is 6.07 Å². The summed E-state index contributed by atoms with van der Waals surface area (Å²) in [6.45, 7) is 0.843. The zero-order valence-electron chi connectivity index (χ0n) is 7.76. The van der Waals surface area contributed by atoms with Crippen molar-refractivity contribution in [1.82, 2.24) is 24.5 Å². The smallest absolute Gasteiger partial charge is 0.211 e. The third kappa shape index (κ3) is 2.11. The monoisotopic (exact) mass is 303 g/mol. The summed E-state index contributed by atoms with van der Waals surface area (Å²) in [5.41, 5.74) is 1.20. The van der Waals surface area contributed by atoms with Crippen molar-refractivity contribution in [3.63, 3.8) is 0 Å². The van der Waals surface area contributed by atoms with Gasteiger partial charge in [0.25, 0.3) is 0 Å². The lowest BCUT2D eigenvalue weighted by Crippen LogP contribution is -2.05. The van der Waals surface area contributed by atoms with E-state index < -0.39 is 0 Å². The largest absolute Gasteiger partial charge is 0.273 e. The van der Waals surface area contributed by atoms with Crippen LogP contribution < -0.4 is 0 Å². The fourth-order valence-corrected chi connectivity index (χ4v) is 1.66. The van der Waals surface area contributed by atoms with E-state index in [4.69, 9.17) is 0 Å². The van der Waals surface area contributed by atoms with Gasteiger partial charge in [-0.2, -0.15) is 5.10 Å². The van der Waals surface area contributed by atoms with Gasteiger partial charge in [-0.3, -0.25) is 9.36 Å². The number of aryl methyl sites for hydroxylation is 3. The average molecular weight is 303 g/mol. The van der Waals surface area contributed by atoms with E-state index in [9.17, 15) is 0 Å². The zero-order chi connectivity index (χ0) is 9.97. The molecular weight excluding hydrogens is 293 g/mol. The normalized spacial score (nSPS) is 10.7. The minimum atomic E-state index is 0.785. The minimum Gasteiger partial charge on any atom is -0.273 e. The molecule has 2 rings (SSSR count). The van der Waals surface area contributed by atoms with Crippen molar-refractivity contribution in [1.29, 1.82) is 0 Å². The lowest BCUT2D eigenvalue weighted by Gasteiger charge is -2.01. The first-order valence-electron chi connectivity index (χ1n) is 4.27. The van der Waals surface area contributed by atoms with Crippen LogP contribution in [0.4, 0.5) is 0 Å². The summed E-state index contributed by atoms with van der Waals surface area (Å²) in [7, 11) is 1.94. The molecule has 5 nitrogen and oxygen atoms in total. The van der Waals surface area contributed by atoms with Crippen molar-refractivity contribution < 1.29 is 0 Å². The van der Waals surface area contributed by atoms with Gasteiger partial charge < -0.3 is 0 Å². The minimum absolute atomic E-state index is 0.785. The first-order chi connectivity index (χ1) is 6.75. The summed E-state index contributed by atoms with van der Waals surface area (Å²) >= 11 is 2.10. The Morgan fingerprint density at radius 2 is 2.36 bits per heavy atom. The Kier molecular flexibility index (Phi) is 2.80. The highest BCUT2D eigenvalue weighted by molar-refractivity contribution is 14.1. The third-order valence-corrected chi connectivity index (χ3v) is 2.52. The highest BCUT2D eigenvalue weighted by atomic mass is 127. The molecule has 0 fully saturated rings. The zero-order valence-corrected chi connectivity index (χ0v) is 9.92. The van der Waals surface area contributed by atoms with Gasteiger partial charge in [0.05, 0.1) is 0 Å². The second-order valence-electron chi connectivity index (χ2n) is 2.97. The topological polar surface area (TPSA) is 48.5 Å². The molecule has 0 spiro atoms. The maximum atomic E-state index is 4.20. The average Bonchev–Trinajstić information content (AvgIpc) is 2.72. The predicted molar refractivity (Wildman–Crippen MR) is 59.7 cm³/mol. The quantitative estimate of drug-likeness (QED) is 0.790. The Hall–Kier alpha value is -0.920. The number of aromatic nitrogens is 5. The molecule has 2 aromatic heterocycles. The summed E-state index contributed by atoms with van der Waals surface area (Å²) in [4.78, 5) is 4.06. The van der Waals surface area contributed by atoms with Crippen LogP contribution in [0.2, 0.25) is 0 Å². The highest BCUT2D eigenvalue weighted by Crippen LogP contribution is 2.00. The molecule has 0 radical (unpaired) electrons. The van der Waals surface area contributed by atoms with Crippen molar-refractivity contribution in [2.24, 2.45) is 7.05 Å². The van der Waals surface area contributed by atoms with E-state index in [2.05, 4.69) is 37.8 Å². The molecule has 0 saturated heterocycles. The standard InChI is InChI=1S/C8H10IN5/c1-13-7(2-4-11-13)3-5-14-6-10-8(9)12-14/h2,4,6H,3,5H2,1H3. The van der Waals surface area contributed by atoms with Gasteiger partial charge in [0, 0.05) is 54.5 Å². The van der Waals surface area contributed by atoms with Crippen molar-refractivity contribution in [2.75, 3.05) is 0 Å². The van der Waals surface area contributed by atoms with Crippen molar-refractivity contribution >= 4 is 22.6 Å². The molecule has 6 heteroatoms. The van der Waals surface area contributed by atoms with E-state index in [0.29, 0.717) is 0 Å². The predicted octanol–water partition coefficient (Wildman–Crippen LogP) is 0.859. The molecule has 0 amide bonds. The molecule has 0 unspecified atom stereocenters. The van der Waals surface area contributed by atoms with Crippen molar-refractivity contribution in [2.45, 2.75) is 13.0 Å². The van der Waals surface area contributed by atoms with Crippen molar-refractivity contribution in [3.8, 4) is 0 Å². The molecule has 0 aliphatic heterocycles. The summed E-state index contributed by atoms with van der Waals surface area (Å²) in [6, 6.07) is 2.02. The Labute approximate surface area is 95.3 Å². The molecule has 0 aliphatic rings. The van der Waals surface area contributed by atoms with E-state index in [1.807, 2.05) is 22.5 Å². The molecule has 0 bridgehead atoms. The number of hydrogen-bond donors (Lipinski definition) is 0. The molecule has 14 heavy (non-hydrogen) atoms. The molecule has 0 aromatic carbocycles. The molecule has 0 aliphatic carbocycles. The van der Waals surface area contributed by atoms with Gasteiger partial charge in [-0.25, -0.2) is 4.98 Å². The van der Waals surface area contributed by atoms with Crippen LogP contribution >= 0.6 is 22.6 Å². The van der Waals surface area contributed by atoms with Crippen LogP contribution in [0.15, 0.2) is 18.6 Å². The lowest BCUT2D eigenvalue weighted by molar-refractivity contribution is 0.582. The van der Waals surface area contributed by atoms with E-state index in [0.717, 1.165) is 16.8 Å². The number of rotatable bonds is 3. The van der Waals surface area contributed by atoms with Crippen LogP contribution in [0, 0.1) is 3.83 Å². The first kappa shape index (κ1) is 9.63. The Balaban J connectivity index is 1.98.